The van der Waals surface area contributed by atoms with E-state index in [2.05, 4.69) is 5.32 Å². The first-order valence-electron chi connectivity index (χ1n) is 6.27. The molecule has 0 spiro atoms. The largest absolute Gasteiger partial charge is 0.339 e. The van der Waals surface area contributed by atoms with Crippen LogP contribution in [0.3, 0.4) is 0 Å². The summed E-state index contributed by atoms with van der Waals surface area (Å²) in [6.45, 7) is 0.733. The van der Waals surface area contributed by atoms with Gasteiger partial charge in [0, 0.05) is 24.0 Å². The van der Waals surface area contributed by atoms with Gasteiger partial charge in [0.15, 0.2) is 0 Å². The van der Waals surface area contributed by atoms with Gasteiger partial charge >= 0.3 is 0 Å². The van der Waals surface area contributed by atoms with Gasteiger partial charge in [0.25, 0.3) is 5.91 Å². The van der Waals surface area contributed by atoms with Gasteiger partial charge in [0.05, 0.1) is 5.02 Å². The van der Waals surface area contributed by atoms with Gasteiger partial charge in [-0.3, -0.25) is 4.79 Å². The lowest BCUT2D eigenvalue weighted by Crippen LogP contribution is -2.16. The van der Waals surface area contributed by atoms with Crippen LogP contribution in [-0.4, -0.2) is 10.5 Å². The first-order chi connectivity index (χ1) is 9.56. The molecule has 1 aromatic carbocycles. The lowest BCUT2D eigenvalue weighted by molar-refractivity contribution is 0.101. The Kier molecular flexibility index (Phi) is 3.23. The maximum atomic E-state index is 13.1. The van der Waals surface area contributed by atoms with E-state index in [1.54, 1.807) is 6.07 Å². The molecule has 1 aliphatic rings. The number of hydrogen-bond acceptors (Lipinski definition) is 2. The minimum absolute atomic E-state index is 0.0168. The molecule has 20 heavy (non-hydrogen) atoms. The zero-order valence-corrected chi connectivity index (χ0v) is 11.3. The van der Waals surface area contributed by atoms with E-state index in [1.807, 2.05) is 10.6 Å². The fourth-order valence-corrected chi connectivity index (χ4v) is 2.62. The van der Waals surface area contributed by atoms with Gasteiger partial charge in [-0.05, 0) is 36.8 Å². The molecule has 0 aliphatic carbocycles. The van der Waals surface area contributed by atoms with Gasteiger partial charge in [-0.2, -0.15) is 0 Å². The van der Waals surface area contributed by atoms with Crippen molar-refractivity contribution in [3.63, 3.8) is 0 Å². The zero-order valence-electron chi connectivity index (χ0n) is 10.6. The normalized spacial score (nSPS) is 17.1. The van der Waals surface area contributed by atoms with Crippen molar-refractivity contribution in [3.8, 4) is 0 Å². The lowest BCUT2D eigenvalue weighted by Gasteiger charge is -2.08. The number of hydrogen-bond donors (Lipinski definition) is 2. The minimum Gasteiger partial charge on any atom is -0.339 e. The van der Waals surface area contributed by atoms with Crippen LogP contribution in [0.15, 0.2) is 30.3 Å². The molecule has 104 valence electrons. The van der Waals surface area contributed by atoms with Crippen LogP contribution in [0.5, 0.6) is 0 Å². The van der Waals surface area contributed by atoms with Crippen LogP contribution in [0.1, 0.15) is 28.6 Å². The van der Waals surface area contributed by atoms with E-state index >= 15 is 0 Å². The quantitative estimate of drug-likeness (QED) is 0.894. The SMILES string of the molecule is NC1CCn2c(C(=O)Nc3ccc(F)c(Cl)c3)ccc21. The number of rotatable bonds is 2. The third-order valence-electron chi connectivity index (χ3n) is 3.47. The number of halogens is 2. The van der Waals surface area contributed by atoms with Crippen molar-refractivity contribution in [2.75, 3.05) is 5.32 Å². The highest BCUT2D eigenvalue weighted by Gasteiger charge is 2.24. The van der Waals surface area contributed by atoms with E-state index in [4.69, 9.17) is 17.3 Å². The second-order valence-corrected chi connectivity index (χ2v) is 5.18. The average molecular weight is 294 g/mol. The summed E-state index contributed by atoms with van der Waals surface area (Å²) >= 11 is 5.69. The predicted molar refractivity (Wildman–Crippen MR) is 75.3 cm³/mol. The topological polar surface area (TPSA) is 60.0 Å². The smallest absolute Gasteiger partial charge is 0.272 e. The molecule has 0 fully saturated rings. The van der Waals surface area contributed by atoms with E-state index in [-0.39, 0.29) is 17.0 Å². The molecule has 2 aromatic rings. The summed E-state index contributed by atoms with van der Waals surface area (Å²) in [7, 11) is 0. The molecule has 0 saturated heterocycles. The number of carbonyl (C=O) groups excluding carboxylic acids is 1. The molecule has 3 rings (SSSR count). The molecule has 3 N–H and O–H groups in total. The summed E-state index contributed by atoms with van der Waals surface area (Å²) < 4.78 is 15.0. The first kappa shape index (κ1) is 13.1. The summed E-state index contributed by atoms with van der Waals surface area (Å²) in [5.74, 6) is -0.771. The summed E-state index contributed by atoms with van der Waals surface area (Å²) in [6, 6.07) is 7.67. The van der Waals surface area contributed by atoms with E-state index in [0.717, 1.165) is 18.7 Å². The second-order valence-electron chi connectivity index (χ2n) is 4.77. The highest BCUT2D eigenvalue weighted by atomic mass is 35.5. The number of nitrogens with two attached hydrogens (primary N) is 1. The van der Waals surface area contributed by atoms with Crippen molar-refractivity contribution in [1.29, 1.82) is 0 Å². The van der Waals surface area contributed by atoms with Crippen molar-refractivity contribution in [2.24, 2.45) is 5.73 Å². The minimum atomic E-state index is -0.515. The Bertz CT molecular complexity index is 683. The number of nitrogens with zero attached hydrogens (tertiary/aromatic N) is 1. The van der Waals surface area contributed by atoms with Gasteiger partial charge in [0.1, 0.15) is 11.5 Å². The molecule has 6 heteroatoms. The van der Waals surface area contributed by atoms with Gasteiger partial charge in [-0.25, -0.2) is 4.39 Å². The molecule has 1 unspecified atom stereocenters. The number of fused-ring (bicyclic) bond motifs is 1. The molecule has 1 aliphatic heterocycles. The molecule has 4 nitrogen and oxygen atoms in total. The highest BCUT2D eigenvalue weighted by Crippen LogP contribution is 2.27. The van der Waals surface area contributed by atoms with Crippen LogP contribution in [0, 0.1) is 5.82 Å². The van der Waals surface area contributed by atoms with Crippen molar-refractivity contribution < 1.29 is 9.18 Å². The van der Waals surface area contributed by atoms with Crippen LogP contribution in [0.2, 0.25) is 5.02 Å². The number of carbonyl (C=O) groups is 1. The molecular weight excluding hydrogens is 281 g/mol. The average Bonchev–Trinajstić information content (AvgIpc) is 2.97. The van der Waals surface area contributed by atoms with Crippen molar-refractivity contribution in [1.82, 2.24) is 4.57 Å². The first-order valence-corrected chi connectivity index (χ1v) is 6.65. The van der Waals surface area contributed by atoms with Crippen LogP contribution in [-0.2, 0) is 6.54 Å². The number of aromatic nitrogens is 1. The fraction of sp³-hybridized carbons (Fsp3) is 0.214. The Labute approximate surface area is 120 Å². The maximum absolute atomic E-state index is 13.1. The standard InChI is InChI=1S/C14H13ClFN3O/c15-9-7-8(1-2-10(9)16)18-14(20)13-4-3-12-11(17)5-6-19(12)13/h1-4,7,11H,5-6,17H2,(H,18,20). The number of nitrogens with one attached hydrogen (secondary N) is 1. The third-order valence-corrected chi connectivity index (χ3v) is 3.76. The van der Waals surface area contributed by atoms with Gasteiger partial charge < -0.3 is 15.6 Å². The van der Waals surface area contributed by atoms with Crippen LogP contribution in [0.25, 0.3) is 0 Å². The summed E-state index contributed by atoms with van der Waals surface area (Å²) in [5, 5.41) is 2.68. The zero-order chi connectivity index (χ0) is 14.3. The third kappa shape index (κ3) is 2.19. The molecule has 0 bridgehead atoms. The highest BCUT2D eigenvalue weighted by molar-refractivity contribution is 6.31. The fourth-order valence-electron chi connectivity index (χ4n) is 2.44. The van der Waals surface area contributed by atoms with Gasteiger partial charge in [-0.1, -0.05) is 11.6 Å². The molecular formula is C14H13ClFN3O. The monoisotopic (exact) mass is 293 g/mol. The Morgan fingerprint density at radius 1 is 1.40 bits per heavy atom. The van der Waals surface area contributed by atoms with E-state index in [9.17, 15) is 9.18 Å². The number of benzene rings is 1. The molecule has 1 aromatic heterocycles. The summed E-state index contributed by atoms with van der Waals surface area (Å²) in [5.41, 5.74) is 7.91. The van der Waals surface area contributed by atoms with Crippen molar-refractivity contribution in [3.05, 3.63) is 52.6 Å². The summed E-state index contributed by atoms with van der Waals surface area (Å²) in [4.78, 5) is 12.2. The Morgan fingerprint density at radius 2 is 2.20 bits per heavy atom. The Hall–Kier alpha value is -1.85. The van der Waals surface area contributed by atoms with Crippen LogP contribution in [0.4, 0.5) is 10.1 Å². The molecule has 1 atom stereocenters. The predicted octanol–water partition coefficient (Wildman–Crippen LogP) is 2.94. The summed E-state index contributed by atoms with van der Waals surface area (Å²) in [6.07, 6.45) is 0.832. The molecule has 0 saturated carbocycles. The van der Waals surface area contributed by atoms with Gasteiger partial charge in [-0.15, -0.1) is 0 Å². The van der Waals surface area contributed by atoms with Crippen molar-refractivity contribution in [2.45, 2.75) is 19.0 Å². The number of anilines is 1. The lowest BCUT2D eigenvalue weighted by atomic mass is 10.2. The van der Waals surface area contributed by atoms with E-state index in [0.29, 0.717) is 11.4 Å². The van der Waals surface area contributed by atoms with Crippen LogP contribution < -0.4 is 11.1 Å². The second kappa shape index (κ2) is 4.92. The number of amides is 1. The molecule has 1 amide bonds. The van der Waals surface area contributed by atoms with E-state index < -0.39 is 5.82 Å². The van der Waals surface area contributed by atoms with Gasteiger partial charge in [0.2, 0.25) is 0 Å². The Balaban J connectivity index is 1.83. The molecule has 0 radical (unpaired) electrons. The maximum Gasteiger partial charge on any atom is 0.272 e. The van der Waals surface area contributed by atoms with Crippen LogP contribution >= 0.6 is 11.6 Å². The van der Waals surface area contributed by atoms with Crippen molar-refractivity contribution >= 4 is 23.2 Å². The Morgan fingerprint density at radius 3 is 2.95 bits per heavy atom. The van der Waals surface area contributed by atoms with E-state index in [1.165, 1.54) is 18.2 Å². The molecule has 2 heterocycles.